The second-order valence-electron chi connectivity index (χ2n) is 12.6. The molecule has 0 aliphatic carbocycles. The molecule has 2 N–H and O–H groups in total. The van der Waals surface area contributed by atoms with Crippen LogP contribution < -0.4 is 5.32 Å². The fraction of sp³-hybridized carbons (Fsp3) is 0.543. The molecule has 43 heavy (non-hydrogen) atoms. The van der Waals surface area contributed by atoms with Crippen LogP contribution in [0.2, 0.25) is 0 Å². The smallest absolute Gasteiger partial charge is 0.329 e. The van der Waals surface area contributed by atoms with Gasteiger partial charge in [-0.05, 0) is 83.8 Å². The van der Waals surface area contributed by atoms with E-state index in [0.29, 0.717) is 57.9 Å². The maximum Gasteiger partial charge on any atom is 0.329 e. The molecule has 0 saturated carbocycles. The summed E-state index contributed by atoms with van der Waals surface area (Å²) in [7, 11) is 0. The lowest BCUT2D eigenvalue weighted by molar-refractivity contribution is -0.159. The summed E-state index contributed by atoms with van der Waals surface area (Å²) in [5, 5.41) is 12.2. The van der Waals surface area contributed by atoms with Crippen LogP contribution in [0.3, 0.4) is 0 Å². The van der Waals surface area contributed by atoms with Crippen molar-refractivity contribution in [1.29, 1.82) is 0 Å². The van der Waals surface area contributed by atoms with Gasteiger partial charge in [-0.15, -0.1) is 0 Å². The number of rotatable bonds is 16. The third-order valence-electron chi connectivity index (χ3n) is 7.72. The zero-order valence-electron chi connectivity index (χ0n) is 26.1. The molecule has 3 atom stereocenters. The van der Waals surface area contributed by atoms with Gasteiger partial charge in [0.25, 0.3) is 0 Å². The largest absolute Gasteiger partial charge is 0.458 e. The lowest BCUT2D eigenvalue weighted by Crippen LogP contribution is -2.48. The molecule has 2 aromatic carbocycles. The van der Waals surface area contributed by atoms with Crippen LogP contribution in [0.15, 0.2) is 54.6 Å². The Balaban J connectivity index is 1.84. The van der Waals surface area contributed by atoms with Gasteiger partial charge in [0.1, 0.15) is 11.6 Å². The number of aryl methyl sites for hydroxylation is 2. The van der Waals surface area contributed by atoms with Crippen LogP contribution in [-0.4, -0.2) is 64.4 Å². The normalized spacial score (nSPS) is 15.6. The Bertz CT molecular complexity index is 1220. The summed E-state index contributed by atoms with van der Waals surface area (Å²) >= 11 is 0. The molecule has 8 heteroatoms. The fourth-order valence-corrected chi connectivity index (χ4v) is 5.52. The zero-order valence-corrected chi connectivity index (χ0v) is 26.1. The van der Waals surface area contributed by atoms with Crippen molar-refractivity contribution in [3.8, 4) is 0 Å². The zero-order chi connectivity index (χ0) is 31.4. The number of benzene rings is 2. The maximum atomic E-state index is 14.0. The Hall–Kier alpha value is -3.52. The van der Waals surface area contributed by atoms with Crippen molar-refractivity contribution >= 4 is 23.6 Å². The topological polar surface area (TPSA) is 113 Å². The molecule has 1 aliphatic heterocycles. The minimum absolute atomic E-state index is 0.0132. The second-order valence-corrected chi connectivity index (χ2v) is 12.6. The third-order valence-corrected chi connectivity index (χ3v) is 7.72. The summed E-state index contributed by atoms with van der Waals surface area (Å²) in [5.41, 5.74) is 2.36. The number of esters is 1. The number of ketones is 1. The van der Waals surface area contributed by atoms with Gasteiger partial charge in [-0.2, -0.15) is 0 Å². The van der Waals surface area contributed by atoms with Gasteiger partial charge < -0.3 is 20.1 Å². The van der Waals surface area contributed by atoms with E-state index < -0.39 is 29.6 Å². The average Bonchev–Trinajstić information content (AvgIpc) is 3.38. The highest BCUT2D eigenvalue weighted by Crippen LogP contribution is 2.24. The lowest BCUT2D eigenvalue weighted by Gasteiger charge is -2.29. The number of hydrogen-bond donors (Lipinski definition) is 2. The molecule has 2 amide bonds. The Morgan fingerprint density at radius 2 is 1.72 bits per heavy atom. The molecule has 1 fully saturated rings. The highest BCUT2D eigenvalue weighted by Gasteiger charge is 2.36. The molecule has 3 rings (SSSR count). The van der Waals surface area contributed by atoms with Crippen LogP contribution in [0.4, 0.5) is 0 Å². The van der Waals surface area contributed by atoms with Crippen molar-refractivity contribution in [2.75, 3.05) is 13.2 Å². The predicted molar refractivity (Wildman–Crippen MR) is 166 cm³/mol. The Morgan fingerprint density at radius 3 is 2.35 bits per heavy atom. The fourth-order valence-electron chi connectivity index (χ4n) is 5.52. The SMILES string of the molecule is Cc1cccc(CC(C(=O)C[C@@H](CCc2ccccc2)C(=O)N[C@@H](CCCCO)C(=O)OC(C)(C)C)N2CCCC2=O)c1. The van der Waals surface area contributed by atoms with Crippen LogP contribution >= 0.6 is 0 Å². The Kier molecular flexibility index (Phi) is 12.9. The first-order valence-corrected chi connectivity index (χ1v) is 15.5. The summed E-state index contributed by atoms with van der Waals surface area (Å²) in [6, 6.07) is 16.1. The average molecular weight is 593 g/mol. The van der Waals surface area contributed by atoms with Crippen LogP contribution in [0.5, 0.6) is 0 Å². The molecule has 1 saturated heterocycles. The highest BCUT2D eigenvalue weighted by atomic mass is 16.6. The quantitative estimate of drug-likeness (QED) is 0.215. The van der Waals surface area contributed by atoms with E-state index in [4.69, 9.17) is 4.74 Å². The van der Waals surface area contributed by atoms with Crippen LogP contribution in [0, 0.1) is 12.8 Å². The molecule has 1 heterocycles. The molecule has 2 aromatic rings. The van der Waals surface area contributed by atoms with Crippen molar-refractivity contribution in [2.24, 2.45) is 5.92 Å². The molecular weight excluding hydrogens is 544 g/mol. The van der Waals surface area contributed by atoms with Crippen molar-refractivity contribution in [1.82, 2.24) is 10.2 Å². The van der Waals surface area contributed by atoms with Crippen LogP contribution in [0.25, 0.3) is 0 Å². The number of hydrogen-bond acceptors (Lipinski definition) is 6. The molecule has 234 valence electrons. The summed E-state index contributed by atoms with van der Waals surface area (Å²) in [6.07, 6.45) is 3.81. The van der Waals surface area contributed by atoms with E-state index in [-0.39, 0.29) is 30.6 Å². The van der Waals surface area contributed by atoms with E-state index in [1.165, 1.54) is 0 Å². The molecular formula is C35H48N2O6. The first kappa shape index (κ1) is 34.0. The second kappa shape index (κ2) is 16.4. The number of ether oxygens (including phenoxy) is 1. The van der Waals surface area contributed by atoms with Crippen LogP contribution in [-0.2, 0) is 36.8 Å². The Morgan fingerprint density at radius 1 is 1.00 bits per heavy atom. The summed E-state index contributed by atoms with van der Waals surface area (Å²) < 4.78 is 5.59. The Labute approximate surface area is 256 Å². The summed E-state index contributed by atoms with van der Waals surface area (Å²) in [6.45, 7) is 7.81. The molecule has 1 unspecified atom stereocenters. The first-order chi connectivity index (χ1) is 20.5. The highest BCUT2D eigenvalue weighted by molar-refractivity contribution is 5.94. The number of nitrogens with one attached hydrogen (secondary N) is 1. The third kappa shape index (κ3) is 11.2. The number of likely N-dealkylation sites (tertiary alicyclic amines) is 1. The van der Waals surface area contributed by atoms with Gasteiger partial charge in [0.2, 0.25) is 11.8 Å². The monoisotopic (exact) mass is 592 g/mol. The van der Waals surface area contributed by atoms with E-state index in [2.05, 4.69) is 5.32 Å². The van der Waals surface area contributed by atoms with Gasteiger partial charge in [-0.3, -0.25) is 14.4 Å². The van der Waals surface area contributed by atoms with Gasteiger partial charge in [-0.25, -0.2) is 4.79 Å². The standard InChI is InChI=1S/C35H48N2O6/c1-25-12-10-15-27(22-25)23-30(37-20-11-17-32(37)40)31(39)24-28(19-18-26-13-6-5-7-14-26)33(41)36-29(16-8-9-21-38)34(42)43-35(2,3)4/h5-7,10,12-15,22,28-30,38H,8-9,11,16-21,23-24H2,1-4H3,(H,36,41)/t28-,29+,30?/m1/s1. The van der Waals surface area contributed by atoms with E-state index in [1.807, 2.05) is 61.5 Å². The number of Topliss-reactive ketones (excluding diaryl/α,β-unsaturated/α-hetero) is 1. The van der Waals surface area contributed by atoms with Crippen molar-refractivity contribution in [3.63, 3.8) is 0 Å². The van der Waals surface area contributed by atoms with Gasteiger partial charge in [-0.1, -0.05) is 60.2 Å². The van der Waals surface area contributed by atoms with Crippen molar-refractivity contribution in [2.45, 2.75) is 103 Å². The summed E-state index contributed by atoms with van der Waals surface area (Å²) in [5.74, 6) is -1.81. The minimum Gasteiger partial charge on any atom is -0.458 e. The molecule has 1 aliphatic rings. The van der Waals surface area contributed by atoms with E-state index in [0.717, 1.165) is 16.7 Å². The summed E-state index contributed by atoms with van der Waals surface area (Å²) in [4.78, 5) is 55.4. The molecule has 0 bridgehead atoms. The number of nitrogens with zero attached hydrogens (tertiary/aromatic N) is 1. The van der Waals surface area contributed by atoms with E-state index in [9.17, 15) is 24.3 Å². The van der Waals surface area contributed by atoms with Gasteiger partial charge in [0.05, 0.1) is 6.04 Å². The number of unbranched alkanes of at least 4 members (excludes halogenated alkanes) is 1. The number of carbonyl (C=O) groups is 4. The van der Waals surface area contributed by atoms with Crippen LogP contribution in [0.1, 0.15) is 82.4 Å². The molecule has 0 aromatic heterocycles. The number of aliphatic hydroxyl groups excluding tert-OH is 1. The number of amides is 2. The first-order valence-electron chi connectivity index (χ1n) is 15.5. The lowest BCUT2D eigenvalue weighted by atomic mass is 9.89. The van der Waals surface area contributed by atoms with Gasteiger partial charge in [0.15, 0.2) is 5.78 Å². The van der Waals surface area contributed by atoms with E-state index in [1.54, 1.807) is 25.7 Å². The molecule has 0 radical (unpaired) electrons. The maximum absolute atomic E-state index is 14.0. The predicted octanol–water partition coefficient (Wildman–Crippen LogP) is 4.73. The molecule has 0 spiro atoms. The minimum atomic E-state index is -0.893. The van der Waals surface area contributed by atoms with Gasteiger partial charge in [0, 0.05) is 31.9 Å². The van der Waals surface area contributed by atoms with Crippen molar-refractivity contribution < 1.29 is 29.0 Å². The van der Waals surface area contributed by atoms with Gasteiger partial charge >= 0.3 is 5.97 Å². The number of aliphatic hydroxyl groups is 1. The number of carbonyl (C=O) groups excluding carboxylic acids is 4. The van der Waals surface area contributed by atoms with Crippen molar-refractivity contribution in [3.05, 3.63) is 71.3 Å². The van der Waals surface area contributed by atoms with E-state index >= 15 is 0 Å². The molecule has 8 nitrogen and oxygen atoms in total.